The Morgan fingerprint density at radius 2 is 1.68 bits per heavy atom. The number of hydrogen-bond acceptors (Lipinski definition) is 6. The molecule has 4 rings (SSSR count). The molecule has 0 aromatic heterocycles. The van der Waals surface area contributed by atoms with Gasteiger partial charge >= 0.3 is 18.2 Å². The highest BCUT2D eigenvalue weighted by Gasteiger charge is 2.61. The van der Waals surface area contributed by atoms with Crippen molar-refractivity contribution < 1.29 is 46.2 Å². The molecule has 1 aliphatic carbocycles. The minimum absolute atomic E-state index is 0.0135. The lowest BCUT2D eigenvalue weighted by Crippen LogP contribution is -2.59. The van der Waals surface area contributed by atoms with E-state index in [0.29, 0.717) is 0 Å². The summed E-state index contributed by atoms with van der Waals surface area (Å²) in [4.78, 5) is 43.2. The number of carbonyl (C=O) groups is 3. The molecule has 13 heteroatoms. The third-order valence-electron chi connectivity index (χ3n) is 9.05. The lowest BCUT2D eigenvalue weighted by atomic mass is 9.74. The first-order valence-corrected chi connectivity index (χ1v) is 14.0. The molecule has 3 amide bonds. The van der Waals surface area contributed by atoms with Crippen LogP contribution in [0.5, 0.6) is 0 Å². The second-order valence-corrected chi connectivity index (χ2v) is 12.8. The van der Waals surface area contributed by atoms with Gasteiger partial charge in [-0.15, -0.1) is 0 Å². The van der Waals surface area contributed by atoms with Crippen molar-refractivity contribution in [3.63, 3.8) is 0 Å². The predicted molar refractivity (Wildman–Crippen MR) is 135 cm³/mol. The standard InChI is InChI=1S/C27H41F4N3O6/c1-15(2)26(22(35)32-12-19-21(28)18(32)13-33(19)24(37)40-25(3,4)5)9-7-16(11-26)34(23(36)27(29,30)31)17-8-10-39-14-20(17)38-6/h15-21H,7-14H2,1-6H3/t16-,17+,18-,19-,20-,21?,26+/m1/s1. The van der Waals surface area contributed by atoms with E-state index in [0.717, 1.165) is 4.90 Å². The number of methoxy groups -OCH3 is 1. The Bertz CT molecular complexity index is 988. The van der Waals surface area contributed by atoms with Crippen molar-refractivity contribution in [3.8, 4) is 0 Å². The van der Waals surface area contributed by atoms with Gasteiger partial charge in [0, 0.05) is 32.8 Å². The zero-order chi connectivity index (χ0) is 29.8. The zero-order valence-corrected chi connectivity index (χ0v) is 24.0. The molecule has 9 nitrogen and oxygen atoms in total. The summed E-state index contributed by atoms with van der Waals surface area (Å²) in [7, 11) is 1.37. The molecule has 3 heterocycles. The third-order valence-corrected chi connectivity index (χ3v) is 9.05. The average Bonchev–Trinajstić information content (AvgIpc) is 3.54. The van der Waals surface area contributed by atoms with E-state index in [4.69, 9.17) is 14.2 Å². The summed E-state index contributed by atoms with van der Waals surface area (Å²) in [5, 5.41) is 0. The fourth-order valence-electron chi connectivity index (χ4n) is 6.95. The van der Waals surface area contributed by atoms with Crippen LogP contribution in [0.2, 0.25) is 0 Å². The predicted octanol–water partition coefficient (Wildman–Crippen LogP) is 3.54. The summed E-state index contributed by atoms with van der Waals surface area (Å²) in [6, 6.07) is -3.41. The Balaban J connectivity index is 1.56. The van der Waals surface area contributed by atoms with Crippen molar-refractivity contribution in [3.05, 3.63) is 0 Å². The van der Waals surface area contributed by atoms with Gasteiger partial charge in [-0.25, -0.2) is 9.18 Å². The summed E-state index contributed by atoms with van der Waals surface area (Å²) in [5.41, 5.74) is -1.84. The summed E-state index contributed by atoms with van der Waals surface area (Å²) >= 11 is 0. The first-order chi connectivity index (χ1) is 18.5. The number of fused-ring (bicyclic) bond motifs is 2. The number of amides is 3. The highest BCUT2D eigenvalue weighted by molar-refractivity contribution is 5.86. The van der Waals surface area contributed by atoms with Crippen molar-refractivity contribution in [1.29, 1.82) is 0 Å². The molecule has 1 unspecified atom stereocenters. The molecular weight excluding hydrogens is 538 g/mol. The molecule has 0 aromatic carbocycles. The first kappa shape index (κ1) is 30.8. The molecule has 228 valence electrons. The van der Waals surface area contributed by atoms with E-state index in [2.05, 4.69) is 0 Å². The van der Waals surface area contributed by atoms with Gasteiger partial charge in [0.15, 0.2) is 0 Å². The monoisotopic (exact) mass is 579 g/mol. The summed E-state index contributed by atoms with van der Waals surface area (Å²) in [6.07, 6.45) is -7.25. The Kier molecular flexibility index (Phi) is 8.41. The van der Waals surface area contributed by atoms with Gasteiger partial charge in [0.2, 0.25) is 5.91 Å². The summed E-state index contributed by atoms with van der Waals surface area (Å²) in [5.74, 6) is -2.56. The molecule has 7 atom stereocenters. The van der Waals surface area contributed by atoms with E-state index in [1.807, 2.05) is 13.8 Å². The third kappa shape index (κ3) is 5.52. The molecule has 0 aromatic rings. The van der Waals surface area contributed by atoms with Gasteiger partial charge < -0.3 is 24.0 Å². The molecule has 3 saturated heterocycles. The average molecular weight is 580 g/mol. The number of halogens is 4. The molecule has 0 spiro atoms. The van der Waals surface area contributed by atoms with Crippen LogP contribution in [0.25, 0.3) is 0 Å². The number of piperazine rings is 1. The molecular formula is C27H41F4N3O6. The maximum absolute atomic E-state index is 15.4. The highest BCUT2D eigenvalue weighted by atomic mass is 19.4. The van der Waals surface area contributed by atoms with Crippen molar-refractivity contribution in [2.75, 3.05) is 33.4 Å². The quantitative estimate of drug-likeness (QED) is 0.463. The molecule has 0 N–H and O–H groups in total. The number of carbonyl (C=O) groups excluding carboxylic acids is 3. The SMILES string of the molecule is CO[C@@H]1COCC[C@@H]1N(C(=O)C(F)(F)F)[C@@H]1CC[C@@](C(=O)N2C[C@@H]3C(F)[C@H]2CN3C(=O)OC(C)(C)C)(C(C)C)C1. The minimum Gasteiger partial charge on any atom is -0.444 e. The Morgan fingerprint density at radius 1 is 1.05 bits per heavy atom. The van der Waals surface area contributed by atoms with E-state index in [1.54, 1.807) is 20.8 Å². The van der Waals surface area contributed by atoms with Crippen LogP contribution in [0.4, 0.5) is 22.4 Å². The second kappa shape index (κ2) is 10.9. The maximum Gasteiger partial charge on any atom is 0.471 e. The normalized spacial score (nSPS) is 34.5. The van der Waals surface area contributed by atoms with Crippen LogP contribution in [0.15, 0.2) is 0 Å². The van der Waals surface area contributed by atoms with E-state index < -0.39 is 65.6 Å². The highest BCUT2D eigenvalue weighted by Crippen LogP contribution is 2.50. The van der Waals surface area contributed by atoms with Crippen molar-refractivity contribution in [2.24, 2.45) is 11.3 Å². The lowest BCUT2D eigenvalue weighted by Gasteiger charge is -2.44. The van der Waals surface area contributed by atoms with Gasteiger partial charge in [-0.3, -0.25) is 14.5 Å². The largest absolute Gasteiger partial charge is 0.471 e. The van der Waals surface area contributed by atoms with Crippen molar-refractivity contribution >= 4 is 17.9 Å². The van der Waals surface area contributed by atoms with Gasteiger partial charge in [0.05, 0.1) is 30.1 Å². The number of alkyl halides is 4. The van der Waals surface area contributed by atoms with Crippen molar-refractivity contribution in [1.82, 2.24) is 14.7 Å². The fourth-order valence-corrected chi connectivity index (χ4v) is 6.95. The van der Waals surface area contributed by atoms with Crippen molar-refractivity contribution in [2.45, 2.75) is 109 Å². The van der Waals surface area contributed by atoms with E-state index >= 15 is 4.39 Å². The van der Waals surface area contributed by atoms with Crippen LogP contribution >= 0.6 is 0 Å². The molecule has 4 aliphatic rings. The van der Waals surface area contributed by atoms with Gasteiger partial charge in [-0.1, -0.05) is 13.8 Å². The summed E-state index contributed by atoms with van der Waals surface area (Å²) in [6.45, 7) is 9.03. The van der Waals surface area contributed by atoms with Crippen LogP contribution in [-0.4, -0.2) is 114 Å². The molecule has 3 aliphatic heterocycles. The van der Waals surface area contributed by atoms with Gasteiger partial charge in [0.25, 0.3) is 0 Å². The zero-order valence-electron chi connectivity index (χ0n) is 24.0. The molecule has 4 fully saturated rings. The van der Waals surface area contributed by atoms with Crippen LogP contribution in [-0.2, 0) is 23.8 Å². The molecule has 2 bridgehead atoms. The van der Waals surface area contributed by atoms with Crippen LogP contribution in [0, 0.1) is 11.3 Å². The van der Waals surface area contributed by atoms with E-state index in [1.165, 1.54) is 16.9 Å². The lowest BCUT2D eigenvalue weighted by molar-refractivity contribution is -0.197. The second-order valence-electron chi connectivity index (χ2n) is 12.8. The number of ether oxygens (including phenoxy) is 3. The van der Waals surface area contributed by atoms with E-state index in [-0.39, 0.29) is 63.8 Å². The topological polar surface area (TPSA) is 88.6 Å². The molecule has 0 radical (unpaired) electrons. The Hall–Kier alpha value is -2.15. The Labute approximate surface area is 232 Å². The van der Waals surface area contributed by atoms with Gasteiger partial charge in [-0.05, 0) is 52.4 Å². The van der Waals surface area contributed by atoms with Gasteiger partial charge in [-0.2, -0.15) is 13.2 Å². The smallest absolute Gasteiger partial charge is 0.444 e. The summed E-state index contributed by atoms with van der Waals surface area (Å²) < 4.78 is 73.0. The van der Waals surface area contributed by atoms with Crippen LogP contribution < -0.4 is 0 Å². The maximum atomic E-state index is 15.4. The number of likely N-dealkylation sites (tertiary alicyclic amines) is 2. The van der Waals surface area contributed by atoms with Crippen LogP contribution in [0.1, 0.15) is 60.3 Å². The minimum atomic E-state index is -5.09. The number of nitrogens with zero attached hydrogens (tertiary/aromatic N) is 3. The molecule has 40 heavy (non-hydrogen) atoms. The van der Waals surface area contributed by atoms with Crippen LogP contribution in [0.3, 0.4) is 0 Å². The van der Waals surface area contributed by atoms with Gasteiger partial charge in [0.1, 0.15) is 17.9 Å². The van der Waals surface area contributed by atoms with E-state index in [9.17, 15) is 27.6 Å². The first-order valence-electron chi connectivity index (χ1n) is 14.0. The number of rotatable bonds is 5. The fraction of sp³-hybridized carbons (Fsp3) is 0.889. The number of hydrogen-bond donors (Lipinski definition) is 0. The molecule has 1 saturated carbocycles. The Morgan fingerprint density at radius 3 is 2.20 bits per heavy atom.